The molecule has 0 aliphatic carbocycles. The second-order valence-corrected chi connectivity index (χ2v) is 7.19. The normalized spacial score (nSPS) is 15.0. The van der Waals surface area contributed by atoms with Gasteiger partial charge in [0, 0.05) is 25.7 Å². The van der Waals surface area contributed by atoms with Crippen molar-refractivity contribution in [1.82, 2.24) is 14.0 Å². The van der Waals surface area contributed by atoms with Gasteiger partial charge in [-0.3, -0.25) is 13.9 Å². The number of hydrogen-bond acceptors (Lipinski definition) is 4. The highest BCUT2D eigenvalue weighted by molar-refractivity contribution is 6.29. The van der Waals surface area contributed by atoms with Gasteiger partial charge in [0.25, 0.3) is 5.56 Å². The van der Waals surface area contributed by atoms with E-state index < -0.39 is 17.3 Å². The SMILES string of the molecule is O=C(O)N1CCC(Cn2c(=O)cc(Cl)n(COCc3ccccc3)c2=O)CC1. The van der Waals surface area contributed by atoms with Gasteiger partial charge in [-0.25, -0.2) is 9.59 Å². The van der Waals surface area contributed by atoms with E-state index in [1.165, 1.54) is 15.5 Å². The molecule has 0 atom stereocenters. The van der Waals surface area contributed by atoms with E-state index in [-0.39, 0.29) is 24.3 Å². The van der Waals surface area contributed by atoms with Crippen LogP contribution in [0.25, 0.3) is 0 Å². The maximum Gasteiger partial charge on any atom is 0.407 e. The molecule has 1 aromatic carbocycles. The summed E-state index contributed by atoms with van der Waals surface area (Å²) < 4.78 is 7.96. The van der Waals surface area contributed by atoms with Crippen LogP contribution < -0.4 is 11.2 Å². The second-order valence-electron chi connectivity index (χ2n) is 6.80. The predicted molar refractivity (Wildman–Crippen MR) is 104 cm³/mol. The first-order valence-corrected chi connectivity index (χ1v) is 9.43. The fourth-order valence-electron chi connectivity index (χ4n) is 3.27. The van der Waals surface area contributed by atoms with E-state index in [0.717, 1.165) is 10.1 Å². The minimum Gasteiger partial charge on any atom is -0.465 e. The molecule has 0 radical (unpaired) electrons. The summed E-state index contributed by atoms with van der Waals surface area (Å²) in [5.41, 5.74) is -0.0219. The summed E-state index contributed by atoms with van der Waals surface area (Å²) in [6.45, 7) is 1.29. The van der Waals surface area contributed by atoms with Gasteiger partial charge in [0.15, 0.2) is 0 Å². The lowest BCUT2D eigenvalue weighted by molar-refractivity contribution is 0.0594. The van der Waals surface area contributed by atoms with Crippen molar-refractivity contribution in [3.8, 4) is 0 Å². The van der Waals surface area contributed by atoms with E-state index in [1.54, 1.807) is 0 Å². The molecule has 1 amide bonds. The number of amides is 1. The van der Waals surface area contributed by atoms with Gasteiger partial charge in [-0.05, 0) is 24.3 Å². The quantitative estimate of drug-likeness (QED) is 0.741. The van der Waals surface area contributed by atoms with Crippen molar-refractivity contribution in [1.29, 1.82) is 0 Å². The number of ether oxygens (including phenoxy) is 1. The zero-order valence-corrected chi connectivity index (χ0v) is 16.0. The molecular formula is C19H22ClN3O5. The van der Waals surface area contributed by atoms with Gasteiger partial charge >= 0.3 is 11.8 Å². The van der Waals surface area contributed by atoms with Gasteiger partial charge < -0.3 is 14.7 Å². The first kappa shape index (κ1) is 20.2. The van der Waals surface area contributed by atoms with E-state index in [2.05, 4.69) is 0 Å². The number of likely N-dealkylation sites (tertiary alicyclic amines) is 1. The first-order chi connectivity index (χ1) is 13.5. The summed E-state index contributed by atoms with van der Waals surface area (Å²) >= 11 is 6.08. The molecule has 9 heteroatoms. The van der Waals surface area contributed by atoms with E-state index in [4.69, 9.17) is 21.4 Å². The van der Waals surface area contributed by atoms with Crippen LogP contribution >= 0.6 is 11.6 Å². The largest absolute Gasteiger partial charge is 0.465 e. The Labute approximate surface area is 166 Å². The van der Waals surface area contributed by atoms with Crippen molar-refractivity contribution < 1.29 is 14.6 Å². The van der Waals surface area contributed by atoms with E-state index in [1.807, 2.05) is 30.3 Å². The fraction of sp³-hybridized carbons (Fsp3) is 0.421. The van der Waals surface area contributed by atoms with Crippen molar-refractivity contribution in [2.24, 2.45) is 5.92 Å². The smallest absolute Gasteiger partial charge is 0.407 e. The van der Waals surface area contributed by atoms with Gasteiger partial charge in [0.1, 0.15) is 11.9 Å². The lowest BCUT2D eigenvalue weighted by atomic mass is 9.97. The Morgan fingerprint density at radius 3 is 2.46 bits per heavy atom. The zero-order chi connectivity index (χ0) is 20.1. The average Bonchev–Trinajstić information content (AvgIpc) is 2.69. The second kappa shape index (κ2) is 9.07. The van der Waals surface area contributed by atoms with E-state index >= 15 is 0 Å². The molecule has 2 heterocycles. The molecular weight excluding hydrogens is 386 g/mol. The van der Waals surface area contributed by atoms with Crippen LogP contribution in [-0.2, 0) is 24.6 Å². The molecule has 0 bridgehead atoms. The molecule has 1 aliphatic heterocycles. The molecule has 1 saturated heterocycles. The number of nitrogens with zero attached hydrogens (tertiary/aromatic N) is 3. The number of halogens is 1. The fourth-order valence-corrected chi connectivity index (χ4v) is 3.48. The van der Waals surface area contributed by atoms with Gasteiger partial charge in [-0.2, -0.15) is 0 Å². The monoisotopic (exact) mass is 407 g/mol. The standard InChI is InChI=1S/C19H22ClN3O5/c20-16-10-17(24)22(11-14-6-8-21(9-7-14)19(26)27)18(25)23(16)13-28-12-15-4-2-1-3-5-15/h1-5,10,14H,6-9,11-13H2,(H,26,27). The Kier molecular flexibility index (Phi) is 6.53. The van der Waals surface area contributed by atoms with Gasteiger partial charge in [0.05, 0.1) is 6.61 Å². The third kappa shape index (κ3) is 4.82. The van der Waals surface area contributed by atoms with Gasteiger partial charge in [-0.1, -0.05) is 41.9 Å². The van der Waals surface area contributed by atoms with E-state index in [0.29, 0.717) is 32.5 Å². The predicted octanol–water partition coefficient (Wildman–Crippen LogP) is 2.23. The molecule has 1 N–H and O–H groups in total. The summed E-state index contributed by atoms with van der Waals surface area (Å²) in [5.74, 6) is 0.0564. The molecule has 3 rings (SSSR count). The third-order valence-electron chi connectivity index (χ3n) is 4.89. The van der Waals surface area contributed by atoms with Crippen molar-refractivity contribution in [2.75, 3.05) is 13.1 Å². The highest BCUT2D eigenvalue weighted by Crippen LogP contribution is 2.18. The van der Waals surface area contributed by atoms with Crippen LogP contribution in [-0.4, -0.2) is 38.3 Å². The summed E-state index contributed by atoms with van der Waals surface area (Å²) in [7, 11) is 0. The molecule has 1 fully saturated rings. The van der Waals surface area contributed by atoms with Crippen molar-refractivity contribution in [2.45, 2.75) is 32.7 Å². The molecule has 28 heavy (non-hydrogen) atoms. The van der Waals surface area contributed by atoms with Crippen LogP contribution in [0.5, 0.6) is 0 Å². The number of piperidine rings is 1. The number of benzene rings is 1. The number of carbonyl (C=O) groups is 1. The lowest BCUT2D eigenvalue weighted by Gasteiger charge is -2.30. The van der Waals surface area contributed by atoms with Crippen LogP contribution in [0.3, 0.4) is 0 Å². The third-order valence-corrected chi connectivity index (χ3v) is 5.20. The number of hydrogen-bond donors (Lipinski definition) is 1. The molecule has 0 unspecified atom stereocenters. The number of aromatic nitrogens is 2. The maximum atomic E-state index is 12.8. The lowest BCUT2D eigenvalue weighted by Crippen LogP contribution is -2.44. The summed E-state index contributed by atoms with van der Waals surface area (Å²) in [5, 5.41) is 9.05. The molecule has 8 nitrogen and oxygen atoms in total. The van der Waals surface area contributed by atoms with Crippen LogP contribution in [0.2, 0.25) is 5.15 Å². The minimum atomic E-state index is -0.944. The zero-order valence-electron chi connectivity index (χ0n) is 15.3. The number of rotatable bonds is 6. The highest BCUT2D eigenvalue weighted by Gasteiger charge is 2.24. The first-order valence-electron chi connectivity index (χ1n) is 9.05. The average molecular weight is 408 g/mol. The highest BCUT2D eigenvalue weighted by atomic mass is 35.5. The van der Waals surface area contributed by atoms with E-state index in [9.17, 15) is 14.4 Å². The van der Waals surface area contributed by atoms with Crippen LogP contribution in [0.15, 0.2) is 46.0 Å². The van der Waals surface area contributed by atoms with Gasteiger partial charge in [-0.15, -0.1) is 0 Å². The van der Waals surface area contributed by atoms with Crippen LogP contribution in [0.1, 0.15) is 18.4 Å². The van der Waals surface area contributed by atoms with Gasteiger partial charge in [0.2, 0.25) is 0 Å². The van der Waals surface area contributed by atoms with Crippen molar-refractivity contribution in [3.63, 3.8) is 0 Å². The van der Waals surface area contributed by atoms with Crippen LogP contribution in [0, 0.1) is 5.92 Å². The summed E-state index contributed by atoms with van der Waals surface area (Å²) in [6, 6.07) is 10.7. The maximum absolute atomic E-state index is 12.8. The Morgan fingerprint density at radius 1 is 1.14 bits per heavy atom. The number of carboxylic acid groups (broad SMARTS) is 1. The minimum absolute atomic E-state index is 0.0278. The Bertz CT molecular complexity index is 933. The molecule has 0 spiro atoms. The summed E-state index contributed by atoms with van der Waals surface area (Å²) in [4.78, 5) is 37.4. The Hall–Kier alpha value is -2.58. The molecule has 1 aliphatic rings. The van der Waals surface area contributed by atoms with Crippen molar-refractivity contribution >= 4 is 17.7 Å². The molecule has 150 valence electrons. The summed E-state index contributed by atoms with van der Waals surface area (Å²) in [6.07, 6.45) is 0.261. The van der Waals surface area contributed by atoms with Crippen LogP contribution in [0.4, 0.5) is 4.79 Å². The molecule has 2 aromatic rings. The topological polar surface area (TPSA) is 93.8 Å². The molecule has 1 aromatic heterocycles. The Balaban J connectivity index is 1.68. The van der Waals surface area contributed by atoms with Crippen molar-refractivity contribution in [3.05, 3.63) is 68.0 Å². The molecule has 0 saturated carbocycles. The Morgan fingerprint density at radius 2 is 1.82 bits per heavy atom.